The number of hydrogen-bond donors (Lipinski definition) is 0. The molecule has 0 aromatic rings. The maximum absolute atomic E-state index is 10.4. The fraction of sp³-hybridized carbons (Fsp3) is 0.857. The zero-order valence-electron chi connectivity index (χ0n) is 6.39. The average molecular weight is 165 g/mol. The lowest BCUT2D eigenvalue weighted by Gasteiger charge is -2.10. The fourth-order valence-corrected chi connectivity index (χ4v) is 0.976. The molecule has 0 amide bonds. The van der Waals surface area contributed by atoms with Gasteiger partial charge in [-0.2, -0.15) is 0 Å². The van der Waals surface area contributed by atoms with Gasteiger partial charge in [-0.1, -0.05) is 13.3 Å². The predicted octanol–water partition coefficient (Wildman–Crippen LogP) is 1.96. The number of hydrogen-bond acceptors (Lipinski definition) is 2. The molecule has 10 heavy (non-hydrogen) atoms. The number of ether oxygens (including phenoxy) is 1. The second kappa shape index (κ2) is 5.69. The highest BCUT2D eigenvalue weighted by molar-refractivity contribution is 6.63. The van der Waals surface area contributed by atoms with E-state index < -0.39 is 0 Å². The fourth-order valence-electron chi connectivity index (χ4n) is 0.804. The first-order valence-electron chi connectivity index (χ1n) is 3.41. The van der Waals surface area contributed by atoms with E-state index in [-0.39, 0.29) is 11.3 Å². The van der Waals surface area contributed by atoms with Crippen LogP contribution in [0, 0.1) is 0 Å². The van der Waals surface area contributed by atoms with Crippen molar-refractivity contribution in [2.45, 2.75) is 32.3 Å². The Kier molecular flexibility index (Phi) is 5.64. The van der Waals surface area contributed by atoms with Crippen LogP contribution in [0.25, 0.3) is 0 Å². The molecule has 0 aliphatic rings. The van der Waals surface area contributed by atoms with Crippen LogP contribution in [0.1, 0.15) is 26.2 Å². The highest BCUT2D eigenvalue weighted by Crippen LogP contribution is 2.07. The van der Waals surface area contributed by atoms with Gasteiger partial charge in [0.15, 0.2) is 0 Å². The van der Waals surface area contributed by atoms with Gasteiger partial charge in [-0.15, -0.1) is 0 Å². The Hall–Kier alpha value is -0.0800. The highest BCUT2D eigenvalue weighted by atomic mass is 35.5. The zero-order valence-corrected chi connectivity index (χ0v) is 7.15. The topological polar surface area (TPSA) is 26.3 Å². The summed E-state index contributed by atoms with van der Waals surface area (Å²) >= 11 is 5.17. The van der Waals surface area contributed by atoms with Gasteiger partial charge in [0.2, 0.25) is 5.24 Å². The van der Waals surface area contributed by atoms with Crippen LogP contribution < -0.4 is 0 Å². The number of rotatable bonds is 5. The maximum Gasteiger partial charge on any atom is 0.224 e. The third kappa shape index (κ3) is 4.77. The molecule has 0 fully saturated rings. The lowest BCUT2D eigenvalue weighted by atomic mass is 10.1. The molecule has 1 unspecified atom stereocenters. The standard InChI is InChI=1S/C7H13ClO2/c1-3-4-6(10-2)5-7(8)9/h6H,3-5H2,1-2H3. The van der Waals surface area contributed by atoms with Crippen molar-refractivity contribution in [3.05, 3.63) is 0 Å². The van der Waals surface area contributed by atoms with Crippen molar-refractivity contribution >= 4 is 16.8 Å². The molecule has 1 atom stereocenters. The van der Waals surface area contributed by atoms with E-state index in [0.29, 0.717) is 6.42 Å². The van der Waals surface area contributed by atoms with Crippen LogP contribution in [-0.4, -0.2) is 18.5 Å². The highest BCUT2D eigenvalue weighted by Gasteiger charge is 2.09. The van der Waals surface area contributed by atoms with Gasteiger partial charge in [0.05, 0.1) is 6.10 Å². The number of halogens is 1. The van der Waals surface area contributed by atoms with Gasteiger partial charge in [0.25, 0.3) is 0 Å². The molecule has 0 aromatic heterocycles. The van der Waals surface area contributed by atoms with Gasteiger partial charge < -0.3 is 4.74 Å². The summed E-state index contributed by atoms with van der Waals surface area (Å²) in [5, 5.41) is -0.319. The van der Waals surface area contributed by atoms with Gasteiger partial charge in [-0.05, 0) is 18.0 Å². The largest absolute Gasteiger partial charge is 0.381 e. The smallest absolute Gasteiger partial charge is 0.224 e. The molecular weight excluding hydrogens is 152 g/mol. The quantitative estimate of drug-likeness (QED) is 0.581. The van der Waals surface area contributed by atoms with Gasteiger partial charge in [0, 0.05) is 13.5 Å². The first-order valence-corrected chi connectivity index (χ1v) is 3.79. The lowest BCUT2D eigenvalue weighted by molar-refractivity contribution is -0.114. The van der Waals surface area contributed by atoms with Crippen LogP contribution in [0.2, 0.25) is 0 Å². The molecule has 3 heteroatoms. The van der Waals surface area contributed by atoms with Crippen molar-refractivity contribution in [2.24, 2.45) is 0 Å². The van der Waals surface area contributed by atoms with Crippen molar-refractivity contribution in [3.63, 3.8) is 0 Å². The van der Waals surface area contributed by atoms with Crippen LogP contribution >= 0.6 is 11.6 Å². The molecule has 0 radical (unpaired) electrons. The summed E-state index contributed by atoms with van der Waals surface area (Å²) in [7, 11) is 1.60. The van der Waals surface area contributed by atoms with E-state index in [4.69, 9.17) is 16.3 Å². The Morgan fingerprint density at radius 2 is 2.30 bits per heavy atom. The molecular formula is C7H13ClO2. The molecule has 0 bridgehead atoms. The molecule has 0 aromatic carbocycles. The summed E-state index contributed by atoms with van der Waals surface area (Å²) in [6, 6.07) is 0. The Morgan fingerprint density at radius 3 is 2.60 bits per heavy atom. The van der Waals surface area contributed by atoms with Crippen LogP contribution in [0.15, 0.2) is 0 Å². The molecule has 0 N–H and O–H groups in total. The summed E-state index contributed by atoms with van der Waals surface area (Å²) in [4.78, 5) is 10.4. The Morgan fingerprint density at radius 1 is 1.70 bits per heavy atom. The van der Waals surface area contributed by atoms with E-state index >= 15 is 0 Å². The molecule has 60 valence electrons. The first kappa shape index (κ1) is 9.92. The summed E-state index contributed by atoms with van der Waals surface area (Å²) in [5.41, 5.74) is 0. The van der Waals surface area contributed by atoms with E-state index in [0.717, 1.165) is 12.8 Å². The Labute approximate surface area is 66.5 Å². The van der Waals surface area contributed by atoms with E-state index in [1.165, 1.54) is 0 Å². The maximum atomic E-state index is 10.4. The number of carbonyl (C=O) groups excluding carboxylic acids is 1. The minimum absolute atomic E-state index is 0.00926. The van der Waals surface area contributed by atoms with Gasteiger partial charge in [0.1, 0.15) is 0 Å². The summed E-state index contributed by atoms with van der Waals surface area (Å²) in [6.07, 6.45) is 2.25. The third-order valence-electron chi connectivity index (χ3n) is 1.33. The van der Waals surface area contributed by atoms with Gasteiger partial charge in [-0.25, -0.2) is 0 Å². The van der Waals surface area contributed by atoms with E-state index in [1.807, 2.05) is 6.92 Å². The van der Waals surface area contributed by atoms with Crippen LogP contribution in [0.5, 0.6) is 0 Å². The Balaban J connectivity index is 3.49. The summed E-state index contributed by atoms with van der Waals surface area (Å²) in [6.45, 7) is 2.05. The van der Waals surface area contributed by atoms with Crippen LogP contribution in [-0.2, 0) is 9.53 Å². The molecule has 0 rings (SSSR count). The van der Waals surface area contributed by atoms with Crippen LogP contribution in [0.3, 0.4) is 0 Å². The minimum atomic E-state index is -0.319. The molecule has 0 aliphatic heterocycles. The van der Waals surface area contributed by atoms with Gasteiger partial charge in [-0.3, -0.25) is 4.79 Å². The monoisotopic (exact) mass is 164 g/mol. The zero-order chi connectivity index (χ0) is 7.98. The molecule has 0 spiro atoms. The van der Waals surface area contributed by atoms with Crippen molar-refractivity contribution in [1.29, 1.82) is 0 Å². The lowest BCUT2D eigenvalue weighted by Crippen LogP contribution is -2.12. The Bertz CT molecular complexity index is 104. The third-order valence-corrected chi connectivity index (χ3v) is 1.49. The normalized spacial score (nSPS) is 13.1. The summed E-state index contributed by atoms with van der Waals surface area (Å²) in [5.74, 6) is 0. The van der Waals surface area contributed by atoms with Crippen molar-refractivity contribution in [3.8, 4) is 0 Å². The molecule has 2 nitrogen and oxygen atoms in total. The summed E-state index contributed by atoms with van der Waals surface area (Å²) < 4.78 is 5.00. The van der Waals surface area contributed by atoms with E-state index in [2.05, 4.69) is 0 Å². The van der Waals surface area contributed by atoms with E-state index in [9.17, 15) is 4.79 Å². The molecule has 0 saturated heterocycles. The van der Waals surface area contributed by atoms with Gasteiger partial charge >= 0.3 is 0 Å². The number of methoxy groups -OCH3 is 1. The van der Waals surface area contributed by atoms with Crippen LogP contribution in [0.4, 0.5) is 0 Å². The van der Waals surface area contributed by atoms with Crippen molar-refractivity contribution in [2.75, 3.05) is 7.11 Å². The molecule has 0 heterocycles. The number of carbonyl (C=O) groups is 1. The first-order chi connectivity index (χ1) is 4.70. The second-order valence-corrected chi connectivity index (χ2v) is 2.63. The second-order valence-electron chi connectivity index (χ2n) is 2.21. The molecule has 0 aliphatic carbocycles. The van der Waals surface area contributed by atoms with Crippen molar-refractivity contribution < 1.29 is 9.53 Å². The predicted molar refractivity (Wildman–Crippen MR) is 41.2 cm³/mol. The average Bonchev–Trinajstić information content (AvgIpc) is 1.86. The minimum Gasteiger partial charge on any atom is -0.381 e. The van der Waals surface area contributed by atoms with Crippen molar-refractivity contribution in [1.82, 2.24) is 0 Å². The SMILES string of the molecule is CCCC(CC(=O)Cl)OC. The molecule has 0 saturated carbocycles. The van der Waals surface area contributed by atoms with E-state index in [1.54, 1.807) is 7.11 Å².